The number of unbranched alkanes of at least 4 members (excludes halogenated alkanes) is 1. The first-order valence-corrected chi connectivity index (χ1v) is 11.2. The molecule has 0 atom stereocenters. The normalized spacial score (nSPS) is 10.9. The van der Waals surface area contributed by atoms with Crippen molar-refractivity contribution in [3.8, 4) is 0 Å². The third-order valence-electron chi connectivity index (χ3n) is 5.49. The number of ether oxygens (including phenoxy) is 2. The molecule has 34 heavy (non-hydrogen) atoms. The molecule has 0 bridgehead atoms. The molecule has 0 aliphatic carbocycles. The monoisotopic (exact) mass is 456 g/mol. The smallest absolute Gasteiger partial charge is 0.333 e. The molecule has 0 spiro atoms. The van der Waals surface area contributed by atoms with Crippen LogP contribution in [0.25, 0.3) is 0 Å². The SMILES string of the molecule is C=C(C)C(=O)OCCCCC(=O)OC(=O)C(c1ccccc1)(c1ccccc1)c1ccccc1. The molecule has 0 fully saturated rings. The van der Waals surface area contributed by atoms with Crippen molar-refractivity contribution in [1.29, 1.82) is 0 Å². The van der Waals surface area contributed by atoms with Gasteiger partial charge in [0.1, 0.15) is 5.41 Å². The Kier molecular flexibility index (Phi) is 8.52. The lowest BCUT2D eigenvalue weighted by atomic mass is 9.69. The summed E-state index contributed by atoms with van der Waals surface area (Å²) < 4.78 is 10.5. The molecule has 0 aliphatic rings. The third kappa shape index (κ3) is 5.67. The number of carbonyl (C=O) groups is 3. The van der Waals surface area contributed by atoms with Gasteiger partial charge in [0.2, 0.25) is 0 Å². The number of hydrogen-bond donors (Lipinski definition) is 0. The zero-order valence-electron chi connectivity index (χ0n) is 19.2. The first-order valence-electron chi connectivity index (χ1n) is 11.2. The fraction of sp³-hybridized carbons (Fsp3) is 0.207. The van der Waals surface area contributed by atoms with Gasteiger partial charge in [0, 0.05) is 12.0 Å². The quantitative estimate of drug-likeness (QED) is 0.135. The van der Waals surface area contributed by atoms with Crippen molar-refractivity contribution in [3.05, 3.63) is 120 Å². The lowest BCUT2D eigenvalue weighted by Gasteiger charge is -2.33. The van der Waals surface area contributed by atoms with E-state index in [1.54, 1.807) is 6.92 Å². The summed E-state index contributed by atoms with van der Waals surface area (Å²) in [5.74, 6) is -1.74. The second kappa shape index (κ2) is 11.8. The minimum absolute atomic E-state index is 0.0326. The Labute approximate surface area is 200 Å². The topological polar surface area (TPSA) is 69.7 Å². The third-order valence-corrected chi connectivity index (χ3v) is 5.49. The van der Waals surface area contributed by atoms with E-state index >= 15 is 0 Å². The molecule has 0 unspecified atom stereocenters. The number of rotatable bonds is 10. The van der Waals surface area contributed by atoms with Crippen LogP contribution < -0.4 is 0 Å². The Balaban J connectivity index is 1.84. The molecule has 174 valence electrons. The first kappa shape index (κ1) is 24.6. The number of hydrogen-bond acceptors (Lipinski definition) is 5. The van der Waals surface area contributed by atoms with E-state index in [0.717, 1.165) is 0 Å². The summed E-state index contributed by atoms with van der Waals surface area (Å²) in [7, 11) is 0. The molecular weight excluding hydrogens is 428 g/mol. The van der Waals surface area contributed by atoms with Gasteiger partial charge in [0.05, 0.1) is 6.61 Å². The standard InChI is InChI=1S/C29H28O5/c1-22(2)27(31)33-21-13-12-20-26(30)34-28(32)29(23-14-6-3-7-15-23,24-16-8-4-9-17-24)25-18-10-5-11-19-25/h3-11,14-19H,1,12-13,20-21H2,2H3. The molecule has 0 saturated carbocycles. The van der Waals surface area contributed by atoms with Gasteiger partial charge in [-0.1, -0.05) is 97.6 Å². The maximum absolute atomic E-state index is 13.8. The van der Waals surface area contributed by atoms with Crippen LogP contribution in [0.3, 0.4) is 0 Å². The molecule has 0 saturated heterocycles. The lowest BCUT2D eigenvalue weighted by Crippen LogP contribution is -2.41. The zero-order valence-corrected chi connectivity index (χ0v) is 19.2. The molecule has 3 aromatic rings. The number of carbonyl (C=O) groups excluding carboxylic acids is 3. The van der Waals surface area contributed by atoms with Crippen LogP contribution in [0.1, 0.15) is 42.9 Å². The zero-order chi connectivity index (χ0) is 24.4. The fourth-order valence-corrected chi connectivity index (χ4v) is 3.81. The van der Waals surface area contributed by atoms with E-state index in [0.29, 0.717) is 35.1 Å². The Bertz CT molecular complexity index is 1020. The fourth-order valence-electron chi connectivity index (χ4n) is 3.81. The second-order valence-electron chi connectivity index (χ2n) is 7.98. The molecule has 5 heteroatoms. The van der Waals surface area contributed by atoms with Crippen LogP contribution >= 0.6 is 0 Å². The van der Waals surface area contributed by atoms with Gasteiger partial charge in [-0.05, 0) is 36.5 Å². The molecule has 3 rings (SSSR count). The van der Waals surface area contributed by atoms with Gasteiger partial charge < -0.3 is 9.47 Å². The highest BCUT2D eigenvalue weighted by Gasteiger charge is 2.46. The summed E-state index contributed by atoms with van der Waals surface area (Å²) in [4.78, 5) is 37.9. The molecule has 0 radical (unpaired) electrons. The van der Waals surface area contributed by atoms with Gasteiger partial charge in [-0.2, -0.15) is 0 Å². The highest BCUT2D eigenvalue weighted by molar-refractivity contribution is 5.98. The largest absolute Gasteiger partial charge is 0.462 e. The average Bonchev–Trinajstić information content (AvgIpc) is 2.86. The van der Waals surface area contributed by atoms with Crippen LogP contribution in [0, 0.1) is 0 Å². The maximum Gasteiger partial charge on any atom is 0.333 e. The predicted molar refractivity (Wildman–Crippen MR) is 130 cm³/mol. The second-order valence-corrected chi connectivity index (χ2v) is 7.98. The Morgan fingerprint density at radius 3 is 1.59 bits per heavy atom. The molecule has 0 aromatic heterocycles. The molecule has 0 aliphatic heterocycles. The maximum atomic E-state index is 13.8. The molecule has 0 heterocycles. The van der Waals surface area contributed by atoms with Crippen molar-refractivity contribution >= 4 is 17.9 Å². The predicted octanol–water partition coefficient (Wildman–Crippen LogP) is 5.38. The average molecular weight is 457 g/mol. The van der Waals surface area contributed by atoms with Crippen molar-refractivity contribution < 1.29 is 23.9 Å². The summed E-state index contributed by atoms with van der Waals surface area (Å²) in [5.41, 5.74) is 1.13. The van der Waals surface area contributed by atoms with Crippen LogP contribution in [0.5, 0.6) is 0 Å². The van der Waals surface area contributed by atoms with Crippen molar-refractivity contribution in [3.63, 3.8) is 0 Å². The Morgan fingerprint density at radius 2 is 1.18 bits per heavy atom. The van der Waals surface area contributed by atoms with Crippen molar-refractivity contribution in [1.82, 2.24) is 0 Å². The minimum Gasteiger partial charge on any atom is -0.462 e. The van der Waals surface area contributed by atoms with Crippen LogP contribution in [0.2, 0.25) is 0 Å². The first-order chi connectivity index (χ1) is 16.5. The highest BCUT2D eigenvalue weighted by Crippen LogP contribution is 2.40. The van der Waals surface area contributed by atoms with Crippen LogP contribution in [-0.4, -0.2) is 24.5 Å². The van der Waals surface area contributed by atoms with Gasteiger partial charge >= 0.3 is 17.9 Å². The van der Waals surface area contributed by atoms with Crippen LogP contribution in [0.15, 0.2) is 103 Å². The summed E-state index contributed by atoms with van der Waals surface area (Å²) >= 11 is 0. The summed E-state index contributed by atoms with van der Waals surface area (Å²) in [6.45, 7) is 5.28. The molecule has 5 nitrogen and oxygen atoms in total. The van der Waals surface area contributed by atoms with E-state index in [2.05, 4.69) is 6.58 Å². The number of benzene rings is 3. The van der Waals surface area contributed by atoms with E-state index in [-0.39, 0.29) is 13.0 Å². The molecular formula is C29H28O5. The van der Waals surface area contributed by atoms with Gasteiger partial charge in [-0.15, -0.1) is 0 Å². The lowest BCUT2D eigenvalue weighted by molar-refractivity contribution is -0.162. The van der Waals surface area contributed by atoms with Crippen LogP contribution in [-0.2, 0) is 29.3 Å². The number of esters is 3. The Morgan fingerprint density at radius 1 is 0.735 bits per heavy atom. The summed E-state index contributed by atoms with van der Waals surface area (Å²) in [6.07, 6.45) is 0.929. The van der Waals surface area contributed by atoms with Gasteiger partial charge in [-0.25, -0.2) is 9.59 Å². The highest BCUT2D eigenvalue weighted by atomic mass is 16.6. The summed E-state index contributed by atoms with van der Waals surface area (Å²) in [6, 6.07) is 28.0. The molecule has 3 aromatic carbocycles. The summed E-state index contributed by atoms with van der Waals surface area (Å²) in [5, 5.41) is 0. The van der Waals surface area contributed by atoms with Crippen molar-refractivity contribution in [2.45, 2.75) is 31.6 Å². The van der Waals surface area contributed by atoms with Crippen molar-refractivity contribution in [2.75, 3.05) is 6.61 Å². The minimum atomic E-state index is -1.31. The Hall–Kier alpha value is -3.99. The van der Waals surface area contributed by atoms with Gasteiger partial charge in [0.15, 0.2) is 0 Å². The van der Waals surface area contributed by atoms with E-state index < -0.39 is 23.3 Å². The van der Waals surface area contributed by atoms with Gasteiger partial charge in [-0.3, -0.25) is 4.79 Å². The van der Waals surface area contributed by atoms with Crippen LogP contribution in [0.4, 0.5) is 0 Å². The van der Waals surface area contributed by atoms with Gasteiger partial charge in [0.25, 0.3) is 0 Å². The van der Waals surface area contributed by atoms with E-state index in [1.165, 1.54) is 0 Å². The van der Waals surface area contributed by atoms with E-state index in [4.69, 9.17) is 9.47 Å². The molecule has 0 N–H and O–H groups in total. The van der Waals surface area contributed by atoms with E-state index in [1.807, 2.05) is 91.0 Å². The van der Waals surface area contributed by atoms with Crippen molar-refractivity contribution in [2.24, 2.45) is 0 Å². The van der Waals surface area contributed by atoms with E-state index in [9.17, 15) is 14.4 Å². The molecule has 0 amide bonds.